The molecular weight excluding hydrogens is 392 g/mol. The summed E-state index contributed by atoms with van der Waals surface area (Å²) < 4.78 is 3.88. The molecule has 1 N–H and O–H groups in total. The summed E-state index contributed by atoms with van der Waals surface area (Å²) in [6.45, 7) is 2.65. The van der Waals surface area contributed by atoms with Gasteiger partial charge in [0.15, 0.2) is 0 Å². The zero-order valence-corrected chi connectivity index (χ0v) is 17.2. The molecule has 29 heavy (non-hydrogen) atoms. The molecule has 0 aromatic carbocycles. The molecule has 2 aliphatic heterocycles. The minimum Gasteiger partial charge on any atom is -0.331 e. The maximum Gasteiger partial charge on any atom is 0.271 e. The quantitative estimate of drug-likeness (QED) is 0.628. The van der Waals surface area contributed by atoms with Crippen molar-refractivity contribution in [1.82, 2.24) is 24.0 Å². The summed E-state index contributed by atoms with van der Waals surface area (Å²) in [4.78, 5) is 36.4. The molecule has 1 aromatic rings. The Morgan fingerprint density at radius 2 is 1.86 bits per heavy atom. The lowest BCUT2D eigenvalue weighted by molar-refractivity contribution is -0.114. The Hall–Kier alpha value is -2.61. The number of anilines is 1. The van der Waals surface area contributed by atoms with Crippen LogP contribution in [-0.4, -0.2) is 53.8 Å². The van der Waals surface area contributed by atoms with E-state index in [1.165, 1.54) is 6.33 Å². The molecule has 3 heterocycles. The van der Waals surface area contributed by atoms with Gasteiger partial charge in [0, 0.05) is 31.1 Å². The lowest BCUT2D eigenvalue weighted by Gasteiger charge is -2.23. The van der Waals surface area contributed by atoms with Crippen molar-refractivity contribution in [3.63, 3.8) is 0 Å². The first-order valence-corrected chi connectivity index (χ1v) is 10.6. The normalized spacial score (nSPS) is 16.5. The Kier molecular flexibility index (Phi) is 4.27. The first-order chi connectivity index (χ1) is 14.0. The van der Waals surface area contributed by atoms with Crippen molar-refractivity contribution in [3.05, 3.63) is 18.1 Å². The number of amides is 2. The van der Waals surface area contributed by atoms with Crippen LogP contribution in [0.25, 0.3) is 22.4 Å². The number of nitrogens with one attached hydrogen (secondary N) is 1. The number of fused-ring (bicyclic) bond motifs is 3. The van der Waals surface area contributed by atoms with Gasteiger partial charge in [-0.3, -0.25) is 9.59 Å². The van der Waals surface area contributed by atoms with Crippen molar-refractivity contribution >= 4 is 40.3 Å². The number of aromatic nitrogens is 4. The number of aryl methyl sites for hydroxylation is 2. The Bertz CT molecular complexity index is 1080. The molecule has 0 saturated heterocycles. The van der Waals surface area contributed by atoms with Crippen LogP contribution in [0, 0.1) is 0 Å². The van der Waals surface area contributed by atoms with E-state index in [0.29, 0.717) is 41.5 Å². The summed E-state index contributed by atoms with van der Waals surface area (Å²) in [5.41, 5.74) is 2.77. The lowest BCUT2D eigenvalue weighted by Crippen LogP contribution is -2.36. The van der Waals surface area contributed by atoms with Crippen LogP contribution < -0.4 is 5.32 Å². The van der Waals surface area contributed by atoms with Crippen molar-refractivity contribution in [1.29, 1.82) is 0 Å². The second kappa shape index (κ2) is 6.73. The fraction of sp³-hybridized carbons (Fsp3) is 0.500. The zero-order chi connectivity index (χ0) is 20.3. The van der Waals surface area contributed by atoms with E-state index in [1.54, 1.807) is 0 Å². The third-order valence-electron chi connectivity index (χ3n) is 5.83. The van der Waals surface area contributed by atoms with Gasteiger partial charge in [0.1, 0.15) is 40.8 Å². The van der Waals surface area contributed by atoms with Crippen LogP contribution in [0.4, 0.5) is 5.82 Å². The molecule has 5 rings (SSSR count). The smallest absolute Gasteiger partial charge is 0.271 e. The van der Waals surface area contributed by atoms with E-state index in [2.05, 4.69) is 20.2 Å². The van der Waals surface area contributed by atoms with Gasteiger partial charge in [-0.15, -0.1) is 11.6 Å². The minimum absolute atomic E-state index is 0.0899. The SMILES string of the molecule is CCn1c(C(=O)N(C2CC2)C2CC2)cc2c3ncnc-3c(NC(=O)CCl)n(C)c21. The monoisotopic (exact) mass is 414 g/mol. The average Bonchev–Trinajstić information content (AvgIpc) is 3.64. The molecule has 2 aliphatic carbocycles. The predicted octanol–water partition coefficient (Wildman–Crippen LogP) is 2.84. The van der Waals surface area contributed by atoms with E-state index in [-0.39, 0.29) is 17.7 Å². The molecule has 0 bridgehead atoms. The second-order valence-electron chi connectivity index (χ2n) is 7.85. The van der Waals surface area contributed by atoms with Crippen LogP contribution in [0.1, 0.15) is 43.1 Å². The van der Waals surface area contributed by atoms with Crippen molar-refractivity contribution in [2.75, 3.05) is 11.2 Å². The van der Waals surface area contributed by atoms with E-state index in [4.69, 9.17) is 11.6 Å². The van der Waals surface area contributed by atoms with Crippen molar-refractivity contribution < 1.29 is 9.59 Å². The number of carbonyl (C=O) groups is 2. The third-order valence-corrected chi connectivity index (χ3v) is 6.07. The Labute approximate surface area is 173 Å². The molecule has 8 nitrogen and oxygen atoms in total. The molecule has 0 radical (unpaired) electrons. The zero-order valence-electron chi connectivity index (χ0n) is 16.5. The van der Waals surface area contributed by atoms with Crippen molar-refractivity contribution in [3.8, 4) is 11.4 Å². The molecule has 2 saturated carbocycles. The van der Waals surface area contributed by atoms with Crippen LogP contribution >= 0.6 is 11.6 Å². The third kappa shape index (κ3) is 2.88. The highest BCUT2D eigenvalue weighted by atomic mass is 35.5. The first kappa shape index (κ1) is 18.4. The molecule has 152 valence electrons. The van der Waals surface area contributed by atoms with Gasteiger partial charge >= 0.3 is 0 Å². The van der Waals surface area contributed by atoms with E-state index in [0.717, 1.165) is 36.7 Å². The van der Waals surface area contributed by atoms with Gasteiger partial charge in [0.05, 0.1) is 0 Å². The number of nitrogens with zero attached hydrogens (tertiary/aromatic N) is 5. The topological polar surface area (TPSA) is 85.1 Å². The fourth-order valence-electron chi connectivity index (χ4n) is 4.25. The summed E-state index contributed by atoms with van der Waals surface area (Å²) in [6.07, 6.45) is 5.85. The van der Waals surface area contributed by atoms with E-state index in [1.807, 2.05) is 29.2 Å². The molecule has 0 unspecified atom stereocenters. The van der Waals surface area contributed by atoms with Crippen LogP contribution in [-0.2, 0) is 18.4 Å². The molecule has 1 aromatic heterocycles. The summed E-state index contributed by atoms with van der Waals surface area (Å²) in [6, 6.07) is 2.69. The molecule has 0 spiro atoms. The minimum atomic E-state index is -0.314. The van der Waals surface area contributed by atoms with Crippen LogP contribution in [0.3, 0.4) is 0 Å². The van der Waals surface area contributed by atoms with Crippen LogP contribution in [0.15, 0.2) is 12.4 Å². The number of imidazole rings is 1. The molecule has 4 aliphatic rings. The van der Waals surface area contributed by atoms with Gasteiger partial charge in [0.2, 0.25) is 5.91 Å². The van der Waals surface area contributed by atoms with Crippen molar-refractivity contribution in [2.24, 2.45) is 7.05 Å². The number of pyridine rings is 1. The Morgan fingerprint density at radius 1 is 1.21 bits per heavy atom. The summed E-state index contributed by atoms with van der Waals surface area (Å²) in [5.74, 6) is 0.158. The van der Waals surface area contributed by atoms with E-state index in [9.17, 15) is 9.59 Å². The molecule has 9 heteroatoms. The Balaban J connectivity index is 1.70. The van der Waals surface area contributed by atoms with Gasteiger partial charge in [-0.25, -0.2) is 9.97 Å². The maximum absolute atomic E-state index is 13.5. The maximum atomic E-state index is 13.5. The standard InChI is InChI=1S/C20H23ClN6O2/c1-3-26-14(20(29)27(11-4-5-11)12-6-7-12)8-13-16-17(23-10-22-16)18(24-15(28)9-21)25(2)19(13)26/h8,10-12H,3-7,9H2,1-2H3,(H,24,28). The number of alkyl halides is 1. The molecule has 2 fully saturated rings. The van der Waals surface area contributed by atoms with Gasteiger partial charge in [0.25, 0.3) is 5.91 Å². The van der Waals surface area contributed by atoms with Crippen LogP contribution in [0.5, 0.6) is 0 Å². The fourth-order valence-corrected chi connectivity index (χ4v) is 4.32. The highest BCUT2D eigenvalue weighted by molar-refractivity contribution is 6.29. The van der Waals surface area contributed by atoms with Gasteiger partial charge < -0.3 is 19.4 Å². The largest absolute Gasteiger partial charge is 0.331 e. The first-order valence-electron chi connectivity index (χ1n) is 10.1. The van der Waals surface area contributed by atoms with Gasteiger partial charge in [-0.1, -0.05) is 0 Å². The second-order valence-corrected chi connectivity index (χ2v) is 8.11. The molecule has 2 amide bonds. The summed E-state index contributed by atoms with van der Waals surface area (Å²) >= 11 is 5.70. The molecular formula is C20H23ClN6O2. The summed E-state index contributed by atoms with van der Waals surface area (Å²) in [7, 11) is 1.86. The predicted molar refractivity (Wildman–Crippen MR) is 110 cm³/mol. The highest BCUT2D eigenvalue weighted by Gasteiger charge is 2.43. The van der Waals surface area contributed by atoms with Crippen LogP contribution in [0.2, 0.25) is 0 Å². The number of halogens is 1. The summed E-state index contributed by atoms with van der Waals surface area (Å²) in [5, 5.41) is 3.69. The number of hydrogen-bond acceptors (Lipinski definition) is 4. The van der Waals surface area contributed by atoms with Gasteiger partial charge in [-0.2, -0.15) is 0 Å². The Morgan fingerprint density at radius 3 is 2.45 bits per heavy atom. The lowest BCUT2D eigenvalue weighted by atomic mass is 10.2. The number of rotatable bonds is 6. The van der Waals surface area contributed by atoms with E-state index < -0.39 is 0 Å². The average molecular weight is 415 g/mol. The highest BCUT2D eigenvalue weighted by Crippen LogP contribution is 2.40. The number of carbonyl (C=O) groups excluding carboxylic acids is 2. The van der Waals surface area contributed by atoms with E-state index >= 15 is 0 Å². The van der Waals surface area contributed by atoms with Crippen molar-refractivity contribution in [2.45, 2.75) is 51.2 Å². The molecule has 0 atom stereocenters. The number of hydrogen-bond donors (Lipinski definition) is 1. The van der Waals surface area contributed by atoms with Gasteiger partial charge in [-0.05, 0) is 38.7 Å².